The van der Waals surface area contributed by atoms with Crippen LogP contribution in [0, 0.1) is 5.92 Å². The SMILES string of the molecule is O=C(C[C@H]1CC[C@@H]2[C@H](COC[C@H](O)CN2CC2CCOCC2)O1)NCc1ccc(Cl)cc1. The van der Waals surface area contributed by atoms with Crippen LogP contribution in [0.1, 0.15) is 37.7 Å². The van der Waals surface area contributed by atoms with Gasteiger partial charge < -0.3 is 24.6 Å². The number of aliphatic hydroxyl groups is 1. The molecular formula is C24H35ClN2O5. The predicted octanol–water partition coefficient (Wildman–Crippen LogP) is 2.38. The fraction of sp³-hybridized carbons (Fsp3) is 0.708. The van der Waals surface area contributed by atoms with Gasteiger partial charge in [-0.25, -0.2) is 0 Å². The van der Waals surface area contributed by atoms with Gasteiger partial charge in [-0.15, -0.1) is 0 Å². The zero-order chi connectivity index (χ0) is 22.3. The number of fused-ring (bicyclic) bond motifs is 1. The molecule has 1 aromatic carbocycles. The number of hydrogen-bond acceptors (Lipinski definition) is 6. The molecule has 2 N–H and O–H groups in total. The molecule has 3 aliphatic rings. The van der Waals surface area contributed by atoms with Crippen molar-refractivity contribution in [2.45, 2.75) is 63.0 Å². The van der Waals surface area contributed by atoms with E-state index in [4.69, 9.17) is 25.8 Å². The molecule has 0 saturated carbocycles. The molecule has 1 aromatic rings. The normalized spacial score (nSPS) is 30.2. The van der Waals surface area contributed by atoms with Gasteiger partial charge in [0, 0.05) is 43.9 Å². The van der Waals surface area contributed by atoms with E-state index in [2.05, 4.69) is 10.2 Å². The van der Waals surface area contributed by atoms with Gasteiger partial charge in [0.25, 0.3) is 0 Å². The topological polar surface area (TPSA) is 80.3 Å². The third kappa shape index (κ3) is 6.89. The Morgan fingerprint density at radius 2 is 1.88 bits per heavy atom. The first-order chi connectivity index (χ1) is 15.6. The lowest BCUT2D eigenvalue weighted by Gasteiger charge is -2.45. The molecular weight excluding hydrogens is 432 g/mol. The van der Waals surface area contributed by atoms with E-state index in [1.807, 2.05) is 24.3 Å². The number of aliphatic hydroxyl groups excluding tert-OH is 1. The summed E-state index contributed by atoms with van der Waals surface area (Å²) in [4.78, 5) is 14.9. The van der Waals surface area contributed by atoms with E-state index in [1.54, 1.807) is 0 Å². The highest BCUT2D eigenvalue weighted by molar-refractivity contribution is 6.30. The first kappa shape index (κ1) is 23.9. The van der Waals surface area contributed by atoms with Gasteiger partial charge in [-0.2, -0.15) is 0 Å². The third-order valence-corrected chi connectivity index (χ3v) is 6.99. The van der Waals surface area contributed by atoms with Crippen molar-refractivity contribution < 1.29 is 24.1 Å². The second kappa shape index (κ2) is 11.8. The Kier molecular flexibility index (Phi) is 8.80. The lowest BCUT2D eigenvalue weighted by Crippen LogP contribution is -2.57. The Bertz CT molecular complexity index is 728. The zero-order valence-corrected chi connectivity index (χ0v) is 19.3. The average Bonchev–Trinajstić information content (AvgIpc) is 2.78. The van der Waals surface area contributed by atoms with E-state index in [0.29, 0.717) is 43.7 Å². The first-order valence-corrected chi connectivity index (χ1v) is 12.2. The van der Waals surface area contributed by atoms with Crippen LogP contribution < -0.4 is 5.32 Å². The van der Waals surface area contributed by atoms with Gasteiger partial charge in [0.1, 0.15) is 0 Å². The molecule has 4 rings (SSSR count). The van der Waals surface area contributed by atoms with Crippen LogP contribution in [0.5, 0.6) is 0 Å². The van der Waals surface area contributed by atoms with E-state index < -0.39 is 6.10 Å². The Labute approximate surface area is 195 Å². The van der Waals surface area contributed by atoms with Gasteiger partial charge in [-0.05, 0) is 49.3 Å². The van der Waals surface area contributed by atoms with Crippen molar-refractivity contribution in [1.82, 2.24) is 10.2 Å². The molecule has 0 spiro atoms. The van der Waals surface area contributed by atoms with Crippen LogP contribution in [-0.4, -0.2) is 79.8 Å². The summed E-state index contributed by atoms with van der Waals surface area (Å²) in [6.07, 6.45) is 3.58. The average molecular weight is 467 g/mol. The maximum atomic E-state index is 12.5. The van der Waals surface area contributed by atoms with Crippen LogP contribution in [0.3, 0.4) is 0 Å². The highest BCUT2D eigenvalue weighted by Gasteiger charge is 2.38. The smallest absolute Gasteiger partial charge is 0.222 e. The molecule has 4 atom stereocenters. The van der Waals surface area contributed by atoms with E-state index in [1.165, 1.54) is 0 Å². The quantitative estimate of drug-likeness (QED) is 0.670. The van der Waals surface area contributed by atoms with Crippen LogP contribution in [0.4, 0.5) is 0 Å². The summed E-state index contributed by atoms with van der Waals surface area (Å²) >= 11 is 5.92. The number of ether oxygens (including phenoxy) is 3. The van der Waals surface area contributed by atoms with Gasteiger partial charge in [0.15, 0.2) is 0 Å². The third-order valence-electron chi connectivity index (χ3n) is 6.74. The van der Waals surface area contributed by atoms with E-state index in [0.717, 1.165) is 51.0 Å². The van der Waals surface area contributed by atoms with Crippen LogP contribution in [0.25, 0.3) is 0 Å². The molecule has 7 nitrogen and oxygen atoms in total. The molecule has 3 fully saturated rings. The van der Waals surface area contributed by atoms with Gasteiger partial charge in [0.2, 0.25) is 5.91 Å². The van der Waals surface area contributed by atoms with Crippen molar-refractivity contribution in [2.24, 2.45) is 5.92 Å². The van der Waals surface area contributed by atoms with Crippen LogP contribution in [-0.2, 0) is 25.5 Å². The second-order valence-electron chi connectivity index (χ2n) is 9.25. The number of rotatable bonds is 6. The molecule has 0 bridgehead atoms. The van der Waals surface area contributed by atoms with Crippen LogP contribution in [0.2, 0.25) is 5.02 Å². The lowest BCUT2D eigenvalue weighted by molar-refractivity contribution is -0.159. The predicted molar refractivity (Wildman–Crippen MR) is 122 cm³/mol. The van der Waals surface area contributed by atoms with Crippen molar-refractivity contribution in [3.63, 3.8) is 0 Å². The number of hydrogen-bond donors (Lipinski definition) is 2. The number of benzene rings is 1. The monoisotopic (exact) mass is 466 g/mol. The largest absolute Gasteiger partial charge is 0.389 e. The molecule has 3 saturated heterocycles. The van der Waals surface area contributed by atoms with Crippen molar-refractivity contribution >= 4 is 17.5 Å². The molecule has 0 radical (unpaired) electrons. The maximum Gasteiger partial charge on any atom is 0.222 e. The number of nitrogens with zero attached hydrogens (tertiary/aromatic N) is 1. The van der Waals surface area contributed by atoms with Crippen LogP contribution in [0.15, 0.2) is 24.3 Å². The summed E-state index contributed by atoms with van der Waals surface area (Å²) in [5.41, 5.74) is 1.02. The highest BCUT2D eigenvalue weighted by atomic mass is 35.5. The van der Waals surface area contributed by atoms with Gasteiger partial charge >= 0.3 is 0 Å². The highest BCUT2D eigenvalue weighted by Crippen LogP contribution is 2.29. The van der Waals surface area contributed by atoms with Gasteiger partial charge in [-0.1, -0.05) is 23.7 Å². The molecule has 32 heavy (non-hydrogen) atoms. The van der Waals surface area contributed by atoms with Crippen molar-refractivity contribution in [3.8, 4) is 0 Å². The molecule has 3 heterocycles. The molecule has 3 aliphatic heterocycles. The zero-order valence-electron chi connectivity index (χ0n) is 18.6. The first-order valence-electron chi connectivity index (χ1n) is 11.8. The Morgan fingerprint density at radius 3 is 2.66 bits per heavy atom. The van der Waals surface area contributed by atoms with Crippen molar-refractivity contribution in [2.75, 3.05) is 39.5 Å². The minimum atomic E-state index is -0.479. The standard InChI is InChI=1S/C24H35ClN2O5/c25-19-3-1-17(2-4-19)12-26-24(29)11-21-5-6-22-23(32-21)16-31-15-20(28)14-27(22)13-18-7-9-30-10-8-18/h1-4,18,20-23,28H,5-16H2,(H,26,29)/t20-,21-,22-,23+/m1/s1. The molecule has 0 aliphatic carbocycles. The number of carbonyl (C=O) groups is 1. The summed E-state index contributed by atoms with van der Waals surface area (Å²) in [6, 6.07) is 7.69. The Morgan fingerprint density at radius 1 is 1.09 bits per heavy atom. The summed E-state index contributed by atoms with van der Waals surface area (Å²) in [6.45, 7) is 4.46. The van der Waals surface area contributed by atoms with E-state index in [9.17, 15) is 9.90 Å². The molecule has 0 unspecified atom stereocenters. The summed E-state index contributed by atoms with van der Waals surface area (Å²) < 4.78 is 17.6. The maximum absolute atomic E-state index is 12.5. The number of β-amino-alcohol motifs (C(OH)–C–C–N with tert-alkyl or cyclic N) is 1. The summed E-state index contributed by atoms with van der Waals surface area (Å²) in [5, 5.41) is 14.0. The number of carbonyl (C=O) groups excluding carboxylic acids is 1. The fourth-order valence-corrected chi connectivity index (χ4v) is 5.12. The fourth-order valence-electron chi connectivity index (χ4n) is 5.00. The minimum Gasteiger partial charge on any atom is -0.389 e. The Balaban J connectivity index is 1.29. The van der Waals surface area contributed by atoms with Crippen molar-refractivity contribution in [3.05, 3.63) is 34.9 Å². The molecule has 0 aromatic heterocycles. The number of amides is 1. The van der Waals surface area contributed by atoms with E-state index >= 15 is 0 Å². The summed E-state index contributed by atoms with van der Waals surface area (Å²) in [5.74, 6) is 0.581. The number of nitrogens with one attached hydrogen (secondary N) is 1. The molecule has 8 heteroatoms. The molecule has 1 amide bonds. The van der Waals surface area contributed by atoms with E-state index in [-0.39, 0.29) is 24.2 Å². The van der Waals surface area contributed by atoms with Gasteiger partial charge in [0.05, 0.1) is 37.9 Å². The summed E-state index contributed by atoms with van der Waals surface area (Å²) in [7, 11) is 0. The van der Waals surface area contributed by atoms with Gasteiger partial charge in [-0.3, -0.25) is 9.69 Å². The second-order valence-corrected chi connectivity index (χ2v) is 9.69. The lowest BCUT2D eigenvalue weighted by atomic mass is 9.92. The Hall–Kier alpha value is -1.22. The minimum absolute atomic E-state index is 0.00959. The van der Waals surface area contributed by atoms with Crippen molar-refractivity contribution in [1.29, 1.82) is 0 Å². The number of halogens is 1. The van der Waals surface area contributed by atoms with Crippen LogP contribution >= 0.6 is 11.6 Å². The molecule has 178 valence electrons.